The van der Waals surface area contributed by atoms with Crippen LogP contribution in [0, 0.1) is 0 Å². The van der Waals surface area contributed by atoms with Gasteiger partial charge in [0.2, 0.25) is 0 Å². The van der Waals surface area contributed by atoms with Crippen molar-refractivity contribution in [1.82, 2.24) is 0 Å². The van der Waals surface area contributed by atoms with Gasteiger partial charge in [-0.2, -0.15) is 0 Å². The number of hydrogen-bond donors (Lipinski definition) is 1. The van der Waals surface area contributed by atoms with Crippen LogP contribution >= 0.6 is 0 Å². The van der Waals surface area contributed by atoms with Crippen molar-refractivity contribution in [3.8, 4) is 23.0 Å². The molecule has 2 rings (SSSR count). The molecular weight excluding hydrogens is 390 g/mol. The summed E-state index contributed by atoms with van der Waals surface area (Å²) in [5.41, 5.74) is -0.0847. The molecule has 0 saturated heterocycles. The Kier molecular flexibility index (Phi) is 6.57. The van der Waals surface area contributed by atoms with Crippen LogP contribution in [0.15, 0.2) is 35.2 Å². The first-order valence-corrected chi connectivity index (χ1v) is 9.38. The predicted molar refractivity (Wildman–Crippen MR) is 101 cm³/mol. The van der Waals surface area contributed by atoms with Gasteiger partial charge >= 0.3 is 5.97 Å². The fraction of sp³-hybridized carbons (Fsp3) is 0.278. The molecule has 2 aromatic rings. The second kappa shape index (κ2) is 8.70. The van der Waals surface area contributed by atoms with Crippen LogP contribution in [0.3, 0.4) is 0 Å². The van der Waals surface area contributed by atoms with E-state index >= 15 is 0 Å². The molecule has 0 bridgehead atoms. The molecule has 0 radical (unpaired) electrons. The number of ether oxygens (including phenoxy) is 5. The Bertz CT molecular complexity index is 972. The Labute approximate surface area is 163 Å². The van der Waals surface area contributed by atoms with Gasteiger partial charge in [-0.1, -0.05) is 0 Å². The van der Waals surface area contributed by atoms with Crippen molar-refractivity contribution in [2.24, 2.45) is 0 Å². The molecule has 28 heavy (non-hydrogen) atoms. The fourth-order valence-corrected chi connectivity index (χ4v) is 3.66. The predicted octanol–water partition coefficient (Wildman–Crippen LogP) is 2.31. The lowest BCUT2D eigenvalue weighted by Crippen LogP contribution is -2.17. The van der Waals surface area contributed by atoms with Crippen LogP contribution in [-0.2, 0) is 14.8 Å². The average molecular weight is 411 g/mol. The summed E-state index contributed by atoms with van der Waals surface area (Å²) >= 11 is 0. The van der Waals surface area contributed by atoms with Crippen molar-refractivity contribution < 1.29 is 36.9 Å². The van der Waals surface area contributed by atoms with Gasteiger partial charge in [0.1, 0.15) is 16.4 Å². The molecule has 0 heterocycles. The molecule has 2 aromatic carbocycles. The van der Waals surface area contributed by atoms with Crippen molar-refractivity contribution in [3.63, 3.8) is 0 Å². The van der Waals surface area contributed by atoms with E-state index in [1.165, 1.54) is 65.9 Å². The molecule has 0 aliphatic carbocycles. The SMILES string of the molecule is COC(=O)c1cc(OC)c(OC)cc1NS(=O)(=O)c1ccc(OC)cc1OC. The summed E-state index contributed by atoms with van der Waals surface area (Å²) in [5, 5.41) is 0. The second-order valence-corrected chi connectivity index (χ2v) is 7.02. The highest BCUT2D eigenvalue weighted by Gasteiger charge is 2.25. The Morgan fingerprint density at radius 2 is 1.43 bits per heavy atom. The van der Waals surface area contributed by atoms with Gasteiger partial charge < -0.3 is 23.7 Å². The van der Waals surface area contributed by atoms with E-state index in [0.29, 0.717) is 5.75 Å². The van der Waals surface area contributed by atoms with Crippen LogP contribution in [0.5, 0.6) is 23.0 Å². The van der Waals surface area contributed by atoms with E-state index in [4.69, 9.17) is 23.7 Å². The molecule has 10 heteroatoms. The summed E-state index contributed by atoms with van der Waals surface area (Å²) in [5.74, 6) is 0.229. The molecule has 0 fully saturated rings. The highest BCUT2D eigenvalue weighted by molar-refractivity contribution is 7.92. The zero-order valence-electron chi connectivity index (χ0n) is 16.1. The van der Waals surface area contributed by atoms with E-state index in [0.717, 1.165) is 0 Å². The largest absolute Gasteiger partial charge is 0.497 e. The number of esters is 1. The second-order valence-electron chi connectivity index (χ2n) is 5.37. The van der Waals surface area contributed by atoms with Gasteiger partial charge in [-0.15, -0.1) is 0 Å². The van der Waals surface area contributed by atoms with Crippen molar-refractivity contribution in [1.29, 1.82) is 0 Å². The van der Waals surface area contributed by atoms with Gasteiger partial charge in [0.15, 0.2) is 11.5 Å². The topological polar surface area (TPSA) is 109 Å². The number of rotatable bonds is 8. The first kappa shape index (κ1) is 21.2. The van der Waals surface area contributed by atoms with E-state index in [1.807, 2.05) is 0 Å². The summed E-state index contributed by atoms with van der Waals surface area (Å²) in [7, 11) is 2.63. The van der Waals surface area contributed by atoms with Crippen molar-refractivity contribution >= 4 is 21.7 Å². The van der Waals surface area contributed by atoms with E-state index in [1.54, 1.807) is 0 Å². The fourth-order valence-electron chi connectivity index (χ4n) is 2.44. The third-order valence-corrected chi connectivity index (χ3v) is 5.24. The molecule has 152 valence electrons. The van der Waals surface area contributed by atoms with Gasteiger partial charge in [-0.05, 0) is 12.1 Å². The average Bonchev–Trinajstić information content (AvgIpc) is 2.71. The molecule has 0 aromatic heterocycles. The minimum absolute atomic E-state index is 0.0395. The molecule has 0 aliphatic rings. The van der Waals surface area contributed by atoms with Gasteiger partial charge in [0.25, 0.3) is 10.0 Å². The number of hydrogen-bond acceptors (Lipinski definition) is 8. The molecule has 1 N–H and O–H groups in total. The highest BCUT2D eigenvalue weighted by Crippen LogP contribution is 2.36. The highest BCUT2D eigenvalue weighted by atomic mass is 32.2. The lowest BCUT2D eigenvalue weighted by atomic mass is 10.1. The van der Waals surface area contributed by atoms with Crippen molar-refractivity contribution in [3.05, 3.63) is 35.9 Å². The standard InChI is InChI=1S/C18H21NO8S/c1-23-11-6-7-17(16(8-11)26-4)28(21,22)19-13-10-15(25-3)14(24-2)9-12(13)18(20)27-5/h6-10,19H,1-5H3. The van der Waals surface area contributed by atoms with Crippen LogP contribution in [-0.4, -0.2) is 49.9 Å². The monoisotopic (exact) mass is 411 g/mol. The van der Waals surface area contributed by atoms with E-state index in [2.05, 4.69) is 4.72 Å². The number of carbonyl (C=O) groups is 1. The molecule has 0 spiro atoms. The smallest absolute Gasteiger partial charge is 0.340 e. The maximum absolute atomic E-state index is 12.9. The Hall–Kier alpha value is -3.14. The Balaban J connectivity index is 2.58. The van der Waals surface area contributed by atoms with Gasteiger partial charge in [-0.25, -0.2) is 13.2 Å². The summed E-state index contributed by atoms with van der Waals surface area (Å²) in [4.78, 5) is 12.0. The third-order valence-electron chi connectivity index (χ3n) is 3.83. The van der Waals surface area contributed by atoms with Crippen LogP contribution in [0.25, 0.3) is 0 Å². The van der Waals surface area contributed by atoms with Crippen molar-refractivity contribution in [2.45, 2.75) is 4.90 Å². The summed E-state index contributed by atoms with van der Waals surface area (Å²) in [6.07, 6.45) is 0. The minimum Gasteiger partial charge on any atom is -0.497 e. The van der Waals surface area contributed by atoms with Gasteiger partial charge in [0.05, 0.1) is 46.8 Å². The normalized spacial score (nSPS) is 10.8. The summed E-state index contributed by atoms with van der Waals surface area (Å²) in [6.45, 7) is 0. The molecule has 0 amide bonds. The Morgan fingerprint density at radius 3 is 1.96 bits per heavy atom. The molecule has 0 unspecified atom stereocenters. The van der Waals surface area contributed by atoms with Crippen LogP contribution in [0.1, 0.15) is 10.4 Å². The van der Waals surface area contributed by atoms with E-state index in [-0.39, 0.29) is 33.4 Å². The zero-order valence-corrected chi connectivity index (χ0v) is 16.9. The Morgan fingerprint density at radius 1 is 0.821 bits per heavy atom. The number of methoxy groups -OCH3 is 5. The third kappa shape index (κ3) is 4.22. The quantitative estimate of drug-likeness (QED) is 0.659. The van der Waals surface area contributed by atoms with Gasteiger partial charge in [-0.3, -0.25) is 4.72 Å². The molecule has 0 atom stereocenters. The summed E-state index contributed by atoms with van der Waals surface area (Å²) in [6, 6.07) is 6.91. The number of nitrogens with one attached hydrogen (secondary N) is 1. The van der Waals surface area contributed by atoms with Crippen LogP contribution < -0.4 is 23.7 Å². The molecule has 0 aliphatic heterocycles. The first-order chi connectivity index (χ1) is 13.3. The van der Waals surface area contributed by atoms with E-state index in [9.17, 15) is 13.2 Å². The summed E-state index contributed by atoms with van der Waals surface area (Å²) < 4.78 is 53.6. The maximum Gasteiger partial charge on any atom is 0.340 e. The van der Waals surface area contributed by atoms with Gasteiger partial charge in [0, 0.05) is 18.2 Å². The molecular formula is C18H21NO8S. The number of carbonyl (C=O) groups excluding carboxylic acids is 1. The first-order valence-electron chi connectivity index (χ1n) is 7.90. The van der Waals surface area contributed by atoms with Crippen LogP contribution in [0.4, 0.5) is 5.69 Å². The molecule has 0 saturated carbocycles. The van der Waals surface area contributed by atoms with Crippen molar-refractivity contribution in [2.75, 3.05) is 40.3 Å². The lowest BCUT2D eigenvalue weighted by molar-refractivity contribution is 0.0601. The zero-order chi connectivity index (χ0) is 20.9. The van der Waals surface area contributed by atoms with Crippen LogP contribution in [0.2, 0.25) is 0 Å². The lowest BCUT2D eigenvalue weighted by Gasteiger charge is -2.16. The number of sulfonamides is 1. The van der Waals surface area contributed by atoms with E-state index < -0.39 is 16.0 Å². The minimum atomic E-state index is -4.12. The maximum atomic E-state index is 12.9. The number of anilines is 1. The molecule has 9 nitrogen and oxygen atoms in total. The number of benzene rings is 2.